The molecule has 2 heterocycles. The van der Waals surface area contributed by atoms with Crippen molar-refractivity contribution in [2.75, 3.05) is 13.7 Å². The number of halogens is 1. The van der Waals surface area contributed by atoms with Crippen LogP contribution in [-0.2, 0) is 0 Å². The topological polar surface area (TPSA) is 52.8 Å². The maximum absolute atomic E-state index is 13.0. The van der Waals surface area contributed by atoms with Crippen molar-refractivity contribution in [3.05, 3.63) is 60.9 Å². The molecule has 0 N–H and O–H groups in total. The normalized spacial score (nSPS) is 12.2. The van der Waals surface area contributed by atoms with E-state index >= 15 is 0 Å². The minimum atomic E-state index is -0.102. The van der Waals surface area contributed by atoms with Crippen molar-refractivity contribution in [2.24, 2.45) is 0 Å². The highest BCUT2D eigenvalue weighted by Gasteiger charge is 2.14. The Morgan fingerprint density at radius 2 is 1.93 bits per heavy atom. The minimum Gasteiger partial charge on any atom is -0.493 e. The van der Waals surface area contributed by atoms with Crippen LogP contribution < -0.4 is 19.6 Å². The lowest BCUT2D eigenvalue weighted by Gasteiger charge is -2.11. The number of methoxy groups -OCH3 is 1. The zero-order chi connectivity index (χ0) is 20.0. The number of aromatic nitrogens is 2. The van der Waals surface area contributed by atoms with Gasteiger partial charge in [-0.2, -0.15) is 0 Å². The zero-order valence-corrected chi connectivity index (χ0v) is 17.6. The molecule has 4 rings (SSSR count). The highest BCUT2D eigenvalue weighted by atomic mass is 35.5. The highest BCUT2D eigenvalue weighted by molar-refractivity contribution is 7.15. The Morgan fingerprint density at radius 3 is 2.64 bits per heavy atom. The molecular formula is C21H19ClN2O3S. The molecule has 5 nitrogen and oxygen atoms in total. The Kier molecular flexibility index (Phi) is 4.77. The lowest BCUT2D eigenvalue weighted by Crippen LogP contribution is -2.22. The van der Waals surface area contributed by atoms with Gasteiger partial charge in [0, 0.05) is 6.07 Å². The molecule has 0 saturated carbocycles. The smallest absolute Gasteiger partial charge is 0.274 e. The van der Waals surface area contributed by atoms with Crippen molar-refractivity contribution in [3.63, 3.8) is 0 Å². The van der Waals surface area contributed by atoms with Crippen LogP contribution in [0.1, 0.15) is 23.6 Å². The van der Waals surface area contributed by atoms with Crippen LogP contribution >= 0.6 is 22.9 Å². The van der Waals surface area contributed by atoms with Crippen LogP contribution in [0.4, 0.5) is 0 Å². The average molecular weight is 415 g/mol. The number of ether oxygens (including phenoxy) is 2. The molecule has 2 aromatic carbocycles. The third-order valence-electron chi connectivity index (χ3n) is 4.72. The molecule has 2 aromatic heterocycles. The Labute approximate surface area is 170 Å². The molecular weight excluding hydrogens is 396 g/mol. The second kappa shape index (κ2) is 7.11. The van der Waals surface area contributed by atoms with Gasteiger partial charge in [0.2, 0.25) is 0 Å². The van der Waals surface area contributed by atoms with Gasteiger partial charge in [0.05, 0.1) is 34.3 Å². The van der Waals surface area contributed by atoms with E-state index in [1.165, 1.54) is 11.3 Å². The van der Waals surface area contributed by atoms with Crippen LogP contribution in [0.15, 0.2) is 29.1 Å². The third kappa shape index (κ3) is 3.02. The molecule has 0 aliphatic rings. The van der Waals surface area contributed by atoms with Gasteiger partial charge in [-0.05, 0) is 61.7 Å². The van der Waals surface area contributed by atoms with Gasteiger partial charge in [-0.25, -0.2) is 9.38 Å². The molecule has 0 bridgehead atoms. The molecule has 0 saturated heterocycles. The summed E-state index contributed by atoms with van der Waals surface area (Å²) in [6, 6.07) is 7.51. The van der Waals surface area contributed by atoms with Gasteiger partial charge in [0.15, 0.2) is 16.5 Å². The first kappa shape index (κ1) is 18.8. The number of benzene rings is 2. The van der Waals surface area contributed by atoms with E-state index in [4.69, 9.17) is 21.1 Å². The van der Waals surface area contributed by atoms with Gasteiger partial charge in [-0.15, -0.1) is 0 Å². The van der Waals surface area contributed by atoms with Gasteiger partial charge >= 0.3 is 0 Å². The van der Waals surface area contributed by atoms with Crippen molar-refractivity contribution in [2.45, 2.75) is 20.8 Å². The predicted octanol–water partition coefficient (Wildman–Crippen LogP) is 4.13. The van der Waals surface area contributed by atoms with Crippen LogP contribution in [0.2, 0.25) is 5.02 Å². The van der Waals surface area contributed by atoms with Gasteiger partial charge in [0.1, 0.15) is 0 Å². The lowest BCUT2D eigenvalue weighted by atomic mass is 10.1. The Balaban J connectivity index is 1.92. The van der Waals surface area contributed by atoms with E-state index < -0.39 is 0 Å². The number of hydrogen-bond acceptors (Lipinski definition) is 5. The van der Waals surface area contributed by atoms with Crippen LogP contribution in [-0.4, -0.2) is 23.1 Å². The van der Waals surface area contributed by atoms with E-state index in [0.29, 0.717) is 38.2 Å². The summed E-state index contributed by atoms with van der Waals surface area (Å²) in [5.41, 5.74) is 4.54. The quantitative estimate of drug-likeness (QED) is 0.503. The molecule has 0 aliphatic carbocycles. The van der Waals surface area contributed by atoms with Crippen molar-refractivity contribution in [1.82, 2.24) is 9.38 Å². The second-order valence-corrected chi connectivity index (χ2v) is 7.94. The van der Waals surface area contributed by atoms with E-state index in [1.54, 1.807) is 29.7 Å². The van der Waals surface area contributed by atoms with Gasteiger partial charge in [0.25, 0.3) is 5.56 Å². The predicted molar refractivity (Wildman–Crippen MR) is 114 cm³/mol. The monoisotopic (exact) mass is 414 g/mol. The average Bonchev–Trinajstić information content (AvgIpc) is 3.14. The highest BCUT2D eigenvalue weighted by Crippen LogP contribution is 2.33. The fraction of sp³-hybridized carbons (Fsp3) is 0.238. The molecule has 0 unspecified atom stereocenters. The summed E-state index contributed by atoms with van der Waals surface area (Å²) < 4.78 is 13.2. The third-order valence-corrected chi connectivity index (χ3v) is 6.02. The summed E-state index contributed by atoms with van der Waals surface area (Å²) in [6.45, 7) is 6.48. The van der Waals surface area contributed by atoms with Crippen molar-refractivity contribution < 1.29 is 9.47 Å². The van der Waals surface area contributed by atoms with Crippen LogP contribution in [0, 0.1) is 13.8 Å². The summed E-state index contributed by atoms with van der Waals surface area (Å²) >= 11 is 7.76. The Hall–Kier alpha value is -2.57. The first-order valence-corrected chi connectivity index (χ1v) is 10.1. The fourth-order valence-electron chi connectivity index (χ4n) is 3.15. The molecule has 7 heteroatoms. The summed E-state index contributed by atoms with van der Waals surface area (Å²) in [7, 11) is 1.57. The number of fused-ring (bicyclic) bond motifs is 3. The summed E-state index contributed by atoms with van der Waals surface area (Å²) in [5, 5.41) is 0.492. The van der Waals surface area contributed by atoms with Crippen LogP contribution in [0.25, 0.3) is 22.1 Å². The molecule has 0 spiro atoms. The molecule has 0 amide bonds. The summed E-state index contributed by atoms with van der Waals surface area (Å²) in [4.78, 5) is 18.3. The van der Waals surface area contributed by atoms with Crippen LogP contribution in [0.3, 0.4) is 0 Å². The van der Waals surface area contributed by atoms with E-state index in [2.05, 4.69) is 4.98 Å². The van der Waals surface area contributed by atoms with Gasteiger partial charge in [-0.3, -0.25) is 4.79 Å². The molecule has 0 fully saturated rings. The maximum Gasteiger partial charge on any atom is 0.274 e. The summed E-state index contributed by atoms with van der Waals surface area (Å²) in [6.07, 6.45) is 1.77. The molecule has 0 radical (unpaired) electrons. The number of rotatable bonds is 4. The zero-order valence-electron chi connectivity index (χ0n) is 16.0. The minimum absolute atomic E-state index is 0.102. The van der Waals surface area contributed by atoms with Crippen molar-refractivity contribution in [1.29, 1.82) is 0 Å². The largest absolute Gasteiger partial charge is 0.493 e. The first-order valence-electron chi connectivity index (χ1n) is 8.87. The molecule has 28 heavy (non-hydrogen) atoms. The Bertz CT molecular complexity index is 1320. The van der Waals surface area contributed by atoms with Gasteiger partial charge in [-0.1, -0.05) is 22.9 Å². The van der Waals surface area contributed by atoms with E-state index in [-0.39, 0.29) is 5.56 Å². The van der Waals surface area contributed by atoms with Crippen LogP contribution in [0.5, 0.6) is 11.5 Å². The molecule has 0 aliphatic heterocycles. The first-order chi connectivity index (χ1) is 13.4. The van der Waals surface area contributed by atoms with Crippen molar-refractivity contribution >= 4 is 45.0 Å². The fourth-order valence-corrected chi connectivity index (χ4v) is 4.34. The van der Waals surface area contributed by atoms with E-state index in [9.17, 15) is 4.79 Å². The number of thiazole rings is 1. The Morgan fingerprint density at radius 1 is 1.18 bits per heavy atom. The van der Waals surface area contributed by atoms with E-state index in [1.807, 2.05) is 32.9 Å². The molecule has 4 aromatic rings. The number of aryl methyl sites for hydroxylation is 2. The maximum atomic E-state index is 13.0. The van der Waals surface area contributed by atoms with Crippen molar-refractivity contribution in [3.8, 4) is 11.5 Å². The number of nitrogens with zero attached hydrogens (tertiary/aromatic N) is 2. The standard InChI is InChI=1S/C21H19ClN2O3S/c1-5-27-18-10-14(22)13(8-17(18)26-4)9-19-20(25)24-16-7-12(3)11(2)6-15(16)23-21(24)28-19/h6-10H,5H2,1-4H3/b19-9-. The second-order valence-electron chi connectivity index (χ2n) is 6.53. The van der Waals surface area contributed by atoms with E-state index in [0.717, 1.165) is 22.2 Å². The SMILES string of the molecule is CCOc1cc(Cl)c(/C=c2\sc3nc4cc(C)c(C)cc4n3c2=O)cc1OC. The molecule has 0 atom stereocenters. The lowest BCUT2D eigenvalue weighted by molar-refractivity contribution is 0.311. The molecule has 144 valence electrons. The number of hydrogen-bond donors (Lipinski definition) is 0. The van der Waals surface area contributed by atoms with Gasteiger partial charge < -0.3 is 9.47 Å². The number of imidazole rings is 1. The summed E-state index contributed by atoms with van der Waals surface area (Å²) in [5.74, 6) is 1.15.